The van der Waals surface area contributed by atoms with Gasteiger partial charge >= 0.3 is 0 Å². The van der Waals surface area contributed by atoms with E-state index in [2.05, 4.69) is 43.5 Å². The molecule has 0 aromatic heterocycles. The highest BCUT2D eigenvalue weighted by molar-refractivity contribution is 7.45. The number of rotatable bonds is 42. The molecule has 0 saturated carbocycles. The normalized spacial score (nSPS) is 14.6. The lowest BCUT2D eigenvalue weighted by Gasteiger charge is -2.29. The van der Waals surface area contributed by atoms with E-state index >= 15 is 0 Å². The fraction of sp³-hybridized carbons (Fsp3) is 0.851. The van der Waals surface area contributed by atoms with E-state index < -0.39 is 26.6 Å². The topological polar surface area (TPSA) is 108 Å². The molecule has 0 aromatic carbocycles. The Kier molecular flexibility index (Phi) is 38.3. The smallest absolute Gasteiger partial charge is 0.268 e. The fourth-order valence-electron chi connectivity index (χ4n) is 6.57. The summed E-state index contributed by atoms with van der Waals surface area (Å²) in [6, 6.07) is -0.905. The van der Waals surface area contributed by atoms with Crippen LogP contribution in [0.25, 0.3) is 0 Å². The van der Waals surface area contributed by atoms with Gasteiger partial charge in [-0.25, -0.2) is 0 Å². The van der Waals surface area contributed by atoms with Crippen LogP contribution >= 0.6 is 7.82 Å². The van der Waals surface area contributed by atoms with Gasteiger partial charge in [0.05, 0.1) is 39.9 Å². The molecule has 0 heterocycles. The standard InChI is InChI=1S/C47H91N2O6P/c1-6-8-10-12-14-16-18-20-22-23-24-25-26-27-28-30-32-34-36-38-40-46(50)45(44-55-56(52,53)54-43-42-49(3,4)5)48-47(51)41-39-37-35-33-31-29-21-19-17-15-13-11-9-7-2/h19,21,30,32,38,40,45-46,50H,6-18,20,22-29,31,33-37,39,41-44H2,1-5H3,(H-,48,51,52,53)/b21-19-,32-30+,40-38+. The van der Waals surface area contributed by atoms with Crippen molar-refractivity contribution in [2.75, 3.05) is 40.9 Å². The number of quaternary nitrogens is 1. The van der Waals surface area contributed by atoms with Crippen LogP contribution in [-0.4, -0.2) is 68.5 Å². The molecule has 0 aromatic rings. The molecule has 0 aliphatic carbocycles. The summed E-state index contributed by atoms with van der Waals surface area (Å²) in [5, 5.41) is 13.8. The van der Waals surface area contributed by atoms with Crippen LogP contribution in [0.3, 0.4) is 0 Å². The maximum Gasteiger partial charge on any atom is 0.268 e. The minimum atomic E-state index is -4.60. The van der Waals surface area contributed by atoms with Crippen LogP contribution in [-0.2, 0) is 18.4 Å². The molecule has 3 atom stereocenters. The lowest BCUT2D eigenvalue weighted by Crippen LogP contribution is -2.45. The number of carbonyl (C=O) groups excluding carboxylic acids is 1. The van der Waals surface area contributed by atoms with Crippen LogP contribution < -0.4 is 10.2 Å². The second kappa shape index (κ2) is 39.2. The number of hydrogen-bond acceptors (Lipinski definition) is 6. The van der Waals surface area contributed by atoms with Gasteiger partial charge in [-0.15, -0.1) is 0 Å². The Hall–Kier alpha value is -1.28. The molecule has 0 bridgehead atoms. The highest BCUT2D eigenvalue weighted by Crippen LogP contribution is 2.38. The van der Waals surface area contributed by atoms with E-state index in [0.717, 1.165) is 57.8 Å². The Balaban J connectivity index is 4.44. The number of hydrogen-bond donors (Lipinski definition) is 2. The van der Waals surface area contributed by atoms with E-state index in [4.69, 9.17) is 9.05 Å². The van der Waals surface area contributed by atoms with E-state index in [1.807, 2.05) is 27.2 Å². The van der Waals surface area contributed by atoms with Crippen LogP contribution in [0.1, 0.15) is 206 Å². The Morgan fingerprint density at radius 1 is 0.607 bits per heavy atom. The van der Waals surface area contributed by atoms with Gasteiger partial charge < -0.3 is 28.8 Å². The van der Waals surface area contributed by atoms with Gasteiger partial charge in [0, 0.05) is 6.42 Å². The fourth-order valence-corrected chi connectivity index (χ4v) is 7.30. The van der Waals surface area contributed by atoms with E-state index in [1.165, 1.54) is 128 Å². The van der Waals surface area contributed by atoms with Crippen LogP contribution in [0, 0.1) is 0 Å². The molecule has 0 rings (SSSR count). The zero-order valence-electron chi connectivity index (χ0n) is 37.3. The summed E-state index contributed by atoms with van der Waals surface area (Å²) in [6.45, 7) is 4.61. The number of aliphatic hydroxyl groups is 1. The number of carbonyl (C=O) groups is 1. The largest absolute Gasteiger partial charge is 0.756 e. The molecular weight excluding hydrogens is 719 g/mol. The van der Waals surface area contributed by atoms with Gasteiger partial charge in [0.15, 0.2) is 0 Å². The number of unbranched alkanes of at least 4 members (excludes halogenated alkanes) is 25. The monoisotopic (exact) mass is 811 g/mol. The molecule has 0 spiro atoms. The van der Waals surface area contributed by atoms with Crippen molar-refractivity contribution in [1.82, 2.24) is 5.32 Å². The third-order valence-corrected chi connectivity index (χ3v) is 11.3. The summed E-state index contributed by atoms with van der Waals surface area (Å²) < 4.78 is 23.2. The molecule has 2 N–H and O–H groups in total. The molecule has 9 heteroatoms. The predicted octanol–water partition coefficient (Wildman–Crippen LogP) is 12.5. The third kappa shape index (κ3) is 40.9. The first kappa shape index (κ1) is 54.7. The maximum absolute atomic E-state index is 12.8. The molecule has 0 aliphatic rings. The van der Waals surface area contributed by atoms with Gasteiger partial charge in [0.1, 0.15) is 13.2 Å². The highest BCUT2D eigenvalue weighted by atomic mass is 31.2. The zero-order valence-corrected chi connectivity index (χ0v) is 38.2. The van der Waals surface area contributed by atoms with Gasteiger partial charge in [0.25, 0.3) is 7.82 Å². The van der Waals surface area contributed by atoms with E-state index in [1.54, 1.807) is 6.08 Å². The minimum absolute atomic E-state index is 0.00785. The van der Waals surface area contributed by atoms with Crippen molar-refractivity contribution in [3.05, 3.63) is 36.5 Å². The van der Waals surface area contributed by atoms with Gasteiger partial charge in [-0.1, -0.05) is 179 Å². The Morgan fingerprint density at radius 3 is 1.45 bits per heavy atom. The number of phosphoric acid groups is 1. The lowest BCUT2D eigenvalue weighted by atomic mass is 10.0. The van der Waals surface area contributed by atoms with Gasteiger partial charge in [0.2, 0.25) is 5.91 Å². The lowest BCUT2D eigenvalue weighted by molar-refractivity contribution is -0.870. The summed E-state index contributed by atoms with van der Waals surface area (Å²) in [5.41, 5.74) is 0. The van der Waals surface area contributed by atoms with Gasteiger partial charge in [-0.05, 0) is 57.8 Å². The van der Waals surface area contributed by atoms with Gasteiger partial charge in [-0.2, -0.15) is 0 Å². The molecule has 8 nitrogen and oxygen atoms in total. The molecule has 0 aliphatic heterocycles. The van der Waals surface area contributed by atoms with Crippen molar-refractivity contribution in [3.8, 4) is 0 Å². The first-order valence-electron chi connectivity index (χ1n) is 23.4. The summed E-state index contributed by atoms with van der Waals surface area (Å²) in [5.74, 6) is -0.217. The van der Waals surface area contributed by atoms with E-state index in [0.29, 0.717) is 17.4 Å². The molecule has 0 saturated heterocycles. The molecule has 0 radical (unpaired) electrons. The van der Waals surface area contributed by atoms with Crippen molar-refractivity contribution in [3.63, 3.8) is 0 Å². The number of nitrogens with zero attached hydrogens (tertiary/aromatic N) is 1. The summed E-state index contributed by atoms with van der Waals surface area (Å²) in [6.07, 6.45) is 47.7. The van der Waals surface area contributed by atoms with Gasteiger partial charge in [-0.3, -0.25) is 9.36 Å². The van der Waals surface area contributed by atoms with E-state index in [-0.39, 0.29) is 12.5 Å². The van der Waals surface area contributed by atoms with Crippen LogP contribution in [0.4, 0.5) is 0 Å². The van der Waals surface area contributed by atoms with E-state index in [9.17, 15) is 19.4 Å². The van der Waals surface area contributed by atoms with Crippen molar-refractivity contribution in [2.24, 2.45) is 0 Å². The first-order valence-corrected chi connectivity index (χ1v) is 24.8. The number of aliphatic hydroxyl groups excluding tert-OH is 1. The maximum atomic E-state index is 12.8. The number of allylic oxidation sites excluding steroid dienone is 5. The summed E-state index contributed by atoms with van der Waals surface area (Å²) in [7, 11) is 1.24. The summed E-state index contributed by atoms with van der Waals surface area (Å²) >= 11 is 0. The average molecular weight is 811 g/mol. The number of likely N-dealkylation sites (N-methyl/N-ethyl adjacent to an activating group) is 1. The number of amides is 1. The van der Waals surface area contributed by atoms with Crippen molar-refractivity contribution in [1.29, 1.82) is 0 Å². The second-order valence-electron chi connectivity index (χ2n) is 17.1. The molecule has 3 unspecified atom stereocenters. The first-order chi connectivity index (χ1) is 27.0. The van der Waals surface area contributed by atoms with Crippen molar-refractivity contribution >= 4 is 13.7 Å². The molecule has 0 fully saturated rings. The molecule has 1 amide bonds. The molecular formula is C47H91N2O6P. The Bertz CT molecular complexity index is 1010. The van der Waals surface area contributed by atoms with Crippen LogP contribution in [0.15, 0.2) is 36.5 Å². The quantitative estimate of drug-likeness (QED) is 0.0275. The average Bonchev–Trinajstić information content (AvgIpc) is 3.15. The minimum Gasteiger partial charge on any atom is -0.756 e. The Labute approximate surface area is 347 Å². The SMILES string of the molecule is CCCCCCC/C=C\CCCCCCCC(=O)NC(COP(=O)([O-])OCC[N+](C)(C)C)C(O)/C=C/CC/C=C/CCCCCCCCCCCCCCCC. The molecule has 56 heavy (non-hydrogen) atoms. The number of phosphoric ester groups is 1. The van der Waals surface area contributed by atoms with Crippen molar-refractivity contribution < 1.29 is 32.9 Å². The molecule has 330 valence electrons. The van der Waals surface area contributed by atoms with Crippen LogP contribution in [0.2, 0.25) is 0 Å². The zero-order chi connectivity index (χ0) is 41.4. The predicted molar refractivity (Wildman–Crippen MR) is 238 cm³/mol. The third-order valence-electron chi connectivity index (χ3n) is 10.3. The number of nitrogens with one attached hydrogen (secondary N) is 1. The van der Waals surface area contributed by atoms with Crippen LogP contribution in [0.5, 0.6) is 0 Å². The Morgan fingerprint density at radius 2 is 1.00 bits per heavy atom. The second-order valence-corrected chi connectivity index (χ2v) is 18.5. The summed E-state index contributed by atoms with van der Waals surface area (Å²) in [4.78, 5) is 25.3. The van der Waals surface area contributed by atoms with Crippen molar-refractivity contribution in [2.45, 2.75) is 219 Å². The highest BCUT2D eigenvalue weighted by Gasteiger charge is 2.23.